The molecule has 0 heterocycles. The number of carbonyl (C=O) groups excluding carboxylic acids is 2. The van der Waals surface area contributed by atoms with Gasteiger partial charge in [-0.3, -0.25) is 9.59 Å². The van der Waals surface area contributed by atoms with Crippen molar-refractivity contribution in [2.24, 2.45) is 0 Å². The molecule has 3 aromatic rings. The highest BCUT2D eigenvalue weighted by molar-refractivity contribution is 6.14. The first kappa shape index (κ1) is 15.9. The molecule has 0 aliphatic rings. The lowest BCUT2D eigenvalue weighted by Gasteiger charge is -2.12. The minimum absolute atomic E-state index is 0.0461. The van der Waals surface area contributed by atoms with E-state index < -0.39 is 0 Å². The fourth-order valence-corrected chi connectivity index (χ4v) is 2.88. The molecular weight excluding hydrogens is 296 g/mol. The van der Waals surface area contributed by atoms with Gasteiger partial charge in [0.25, 0.3) is 0 Å². The number of carbonyl (C=O) groups is 2. The first-order valence-electron chi connectivity index (χ1n) is 8.03. The van der Waals surface area contributed by atoms with Crippen LogP contribution in [0.4, 0.5) is 0 Å². The van der Waals surface area contributed by atoms with Gasteiger partial charge in [-0.25, -0.2) is 0 Å². The van der Waals surface area contributed by atoms with Crippen molar-refractivity contribution < 1.29 is 9.59 Å². The fraction of sp³-hybridized carbons (Fsp3) is 0.0909. The molecule has 0 saturated heterocycles. The summed E-state index contributed by atoms with van der Waals surface area (Å²) in [6.07, 6.45) is 0.628. The van der Waals surface area contributed by atoms with Gasteiger partial charge in [-0.15, -0.1) is 0 Å². The Kier molecular flexibility index (Phi) is 4.66. The topological polar surface area (TPSA) is 34.1 Å². The minimum Gasteiger partial charge on any atom is -0.289 e. The highest BCUT2D eigenvalue weighted by Gasteiger charge is 2.19. The maximum absolute atomic E-state index is 12.8. The van der Waals surface area contributed by atoms with Gasteiger partial charge in [0, 0.05) is 22.3 Å². The quantitative estimate of drug-likeness (QED) is 0.639. The van der Waals surface area contributed by atoms with E-state index in [4.69, 9.17) is 0 Å². The van der Waals surface area contributed by atoms with Crippen LogP contribution in [0.15, 0.2) is 78.9 Å². The maximum Gasteiger partial charge on any atom is 0.193 e. The van der Waals surface area contributed by atoms with Crippen molar-refractivity contribution in [1.29, 1.82) is 0 Å². The molecule has 0 aromatic heterocycles. The summed E-state index contributed by atoms with van der Waals surface area (Å²) in [5, 5.41) is 0. The summed E-state index contributed by atoms with van der Waals surface area (Å²) >= 11 is 0. The molecule has 0 atom stereocenters. The molecular formula is C22H18O2. The molecule has 0 unspecified atom stereocenters. The number of benzene rings is 3. The van der Waals surface area contributed by atoms with Crippen LogP contribution in [0, 0.1) is 0 Å². The smallest absolute Gasteiger partial charge is 0.193 e. The predicted octanol–water partition coefficient (Wildman–Crippen LogP) is 4.71. The molecule has 0 spiro atoms. The van der Waals surface area contributed by atoms with Crippen LogP contribution in [0.1, 0.15) is 44.3 Å². The van der Waals surface area contributed by atoms with Crippen LogP contribution in [0.5, 0.6) is 0 Å². The van der Waals surface area contributed by atoms with Gasteiger partial charge in [0.15, 0.2) is 11.6 Å². The van der Waals surface area contributed by atoms with E-state index in [0.717, 1.165) is 5.56 Å². The maximum atomic E-state index is 12.8. The van der Waals surface area contributed by atoms with Crippen molar-refractivity contribution in [3.63, 3.8) is 0 Å². The van der Waals surface area contributed by atoms with Crippen LogP contribution in [0.25, 0.3) is 0 Å². The Balaban J connectivity index is 2.07. The van der Waals surface area contributed by atoms with Crippen molar-refractivity contribution in [3.05, 3.63) is 107 Å². The third-order valence-corrected chi connectivity index (χ3v) is 4.09. The summed E-state index contributed by atoms with van der Waals surface area (Å²) in [7, 11) is 0. The van der Waals surface area contributed by atoms with E-state index in [9.17, 15) is 9.59 Å². The number of ketones is 2. The Morgan fingerprint density at radius 2 is 1.04 bits per heavy atom. The van der Waals surface area contributed by atoms with Crippen LogP contribution in [-0.4, -0.2) is 11.6 Å². The van der Waals surface area contributed by atoms with Gasteiger partial charge in [0.05, 0.1) is 0 Å². The second-order valence-corrected chi connectivity index (χ2v) is 5.58. The van der Waals surface area contributed by atoms with Crippen molar-refractivity contribution in [2.45, 2.75) is 13.3 Å². The number of hydrogen-bond acceptors (Lipinski definition) is 2. The van der Waals surface area contributed by atoms with Gasteiger partial charge in [-0.05, 0) is 12.0 Å². The van der Waals surface area contributed by atoms with E-state index in [2.05, 4.69) is 0 Å². The Morgan fingerprint density at radius 3 is 1.42 bits per heavy atom. The molecule has 0 fully saturated rings. The van der Waals surface area contributed by atoms with E-state index in [0.29, 0.717) is 28.7 Å². The third kappa shape index (κ3) is 3.04. The lowest BCUT2D eigenvalue weighted by atomic mass is 9.90. The van der Waals surface area contributed by atoms with Gasteiger partial charge < -0.3 is 0 Å². The van der Waals surface area contributed by atoms with Crippen molar-refractivity contribution >= 4 is 11.6 Å². The molecule has 0 aliphatic carbocycles. The first-order chi connectivity index (χ1) is 11.7. The average Bonchev–Trinajstić information content (AvgIpc) is 2.67. The summed E-state index contributed by atoms with van der Waals surface area (Å²) in [6.45, 7) is 1.97. The van der Waals surface area contributed by atoms with Crippen molar-refractivity contribution in [1.82, 2.24) is 0 Å². The Bertz CT molecular complexity index is 795. The van der Waals surface area contributed by atoms with Crippen LogP contribution in [-0.2, 0) is 6.42 Å². The van der Waals surface area contributed by atoms with Crippen LogP contribution < -0.4 is 0 Å². The summed E-state index contributed by atoms with van der Waals surface area (Å²) < 4.78 is 0. The minimum atomic E-state index is -0.0461. The molecule has 2 nitrogen and oxygen atoms in total. The highest BCUT2D eigenvalue weighted by Crippen LogP contribution is 2.22. The van der Waals surface area contributed by atoms with E-state index >= 15 is 0 Å². The molecule has 0 amide bonds. The van der Waals surface area contributed by atoms with E-state index in [-0.39, 0.29) is 11.6 Å². The van der Waals surface area contributed by atoms with Crippen molar-refractivity contribution in [2.75, 3.05) is 0 Å². The number of rotatable bonds is 5. The van der Waals surface area contributed by atoms with Gasteiger partial charge >= 0.3 is 0 Å². The van der Waals surface area contributed by atoms with Gasteiger partial charge in [-0.1, -0.05) is 85.8 Å². The fourth-order valence-electron chi connectivity index (χ4n) is 2.88. The second kappa shape index (κ2) is 7.05. The van der Waals surface area contributed by atoms with Gasteiger partial charge in [0.1, 0.15) is 0 Å². The van der Waals surface area contributed by atoms with E-state index in [1.54, 1.807) is 42.5 Å². The van der Waals surface area contributed by atoms with Gasteiger partial charge in [0.2, 0.25) is 0 Å². The molecule has 0 saturated carbocycles. The normalized spacial score (nSPS) is 10.4. The monoisotopic (exact) mass is 314 g/mol. The first-order valence-corrected chi connectivity index (χ1v) is 8.03. The highest BCUT2D eigenvalue weighted by atomic mass is 16.1. The molecule has 3 rings (SSSR count). The summed E-state index contributed by atoms with van der Waals surface area (Å²) in [5.74, 6) is -0.0923. The Morgan fingerprint density at radius 1 is 0.625 bits per heavy atom. The summed E-state index contributed by atoms with van der Waals surface area (Å²) in [6, 6.07) is 23.7. The lowest BCUT2D eigenvalue weighted by Crippen LogP contribution is -2.11. The summed E-state index contributed by atoms with van der Waals surface area (Å²) in [5.41, 5.74) is 3.28. The van der Waals surface area contributed by atoms with Gasteiger partial charge in [-0.2, -0.15) is 0 Å². The molecule has 118 valence electrons. The SMILES string of the molecule is CCc1c(C(=O)c2ccccc2)cccc1C(=O)c1ccccc1. The second-order valence-electron chi connectivity index (χ2n) is 5.58. The zero-order valence-corrected chi connectivity index (χ0v) is 13.5. The van der Waals surface area contributed by atoms with Crippen LogP contribution >= 0.6 is 0 Å². The Hall–Kier alpha value is -3.00. The molecule has 0 radical (unpaired) electrons. The molecule has 0 aliphatic heterocycles. The molecule has 24 heavy (non-hydrogen) atoms. The molecule has 0 N–H and O–H groups in total. The Labute approximate surface area is 141 Å². The van der Waals surface area contributed by atoms with Crippen LogP contribution in [0.3, 0.4) is 0 Å². The third-order valence-electron chi connectivity index (χ3n) is 4.09. The zero-order chi connectivity index (χ0) is 16.9. The van der Waals surface area contributed by atoms with Crippen molar-refractivity contribution in [3.8, 4) is 0 Å². The molecule has 0 bridgehead atoms. The summed E-state index contributed by atoms with van der Waals surface area (Å²) in [4.78, 5) is 25.7. The van der Waals surface area contributed by atoms with E-state index in [1.165, 1.54) is 0 Å². The average molecular weight is 314 g/mol. The standard InChI is InChI=1S/C22H18O2/c1-2-18-19(21(23)16-10-5-3-6-11-16)14-9-15-20(18)22(24)17-12-7-4-8-13-17/h3-15H,2H2,1H3. The lowest BCUT2D eigenvalue weighted by molar-refractivity contribution is 0.103. The molecule has 2 heteroatoms. The van der Waals surface area contributed by atoms with Crippen LogP contribution in [0.2, 0.25) is 0 Å². The molecule has 3 aromatic carbocycles. The van der Waals surface area contributed by atoms with E-state index in [1.807, 2.05) is 43.3 Å². The predicted molar refractivity (Wildman–Crippen MR) is 95.6 cm³/mol. The zero-order valence-electron chi connectivity index (χ0n) is 13.5. The number of hydrogen-bond donors (Lipinski definition) is 0. The largest absolute Gasteiger partial charge is 0.289 e.